The topological polar surface area (TPSA) is 46.2 Å². The molecule has 0 saturated carbocycles. The summed E-state index contributed by atoms with van der Waals surface area (Å²) in [6.45, 7) is 2.38. The zero-order valence-corrected chi connectivity index (χ0v) is 8.33. The van der Waals surface area contributed by atoms with E-state index < -0.39 is 6.10 Å². The van der Waals surface area contributed by atoms with Crippen LogP contribution in [0.1, 0.15) is 30.6 Å². The monoisotopic (exact) mass is 197 g/mol. The van der Waals surface area contributed by atoms with E-state index in [1.165, 1.54) is 12.1 Å². The molecule has 2 nitrogen and oxygen atoms in total. The summed E-state index contributed by atoms with van der Waals surface area (Å²) in [5, 5.41) is 9.71. The maximum absolute atomic E-state index is 12.9. The number of halogens is 1. The van der Waals surface area contributed by atoms with Gasteiger partial charge in [-0.25, -0.2) is 4.39 Å². The normalized spacial score (nSPS) is 12.9. The van der Waals surface area contributed by atoms with Crippen molar-refractivity contribution in [3.8, 4) is 0 Å². The molecule has 0 radical (unpaired) electrons. The summed E-state index contributed by atoms with van der Waals surface area (Å²) in [6, 6.07) is 4.51. The van der Waals surface area contributed by atoms with E-state index in [-0.39, 0.29) is 5.82 Å². The fraction of sp³-hybridized carbons (Fsp3) is 0.455. The summed E-state index contributed by atoms with van der Waals surface area (Å²) in [7, 11) is 0. The molecule has 0 spiro atoms. The van der Waals surface area contributed by atoms with E-state index in [2.05, 4.69) is 0 Å². The highest BCUT2D eigenvalue weighted by Crippen LogP contribution is 2.22. The molecule has 0 bridgehead atoms. The van der Waals surface area contributed by atoms with Crippen LogP contribution in [0.2, 0.25) is 0 Å². The highest BCUT2D eigenvalue weighted by Gasteiger charge is 2.11. The van der Waals surface area contributed by atoms with Crippen molar-refractivity contribution in [2.24, 2.45) is 5.73 Å². The zero-order valence-electron chi connectivity index (χ0n) is 8.33. The van der Waals surface area contributed by atoms with Crippen LogP contribution in [-0.2, 0) is 6.42 Å². The molecule has 3 N–H and O–H groups in total. The van der Waals surface area contributed by atoms with E-state index in [0.29, 0.717) is 18.5 Å². The molecule has 0 amide bonds. The van der Waals surface area contributed by atoms with Gasteiger partial charge in [-0.05, 0) is 42.6 Å². The van der Waals surface area contributed by atoms with Gasteiger partial charge >= 0.3 is 0 Å². The minimum Gasteiger partial charge on any atom is -0.388 e. The van der Waals surface area contributed by atoms with E-state index in [4.69, 9.17) is 5.73 Å². The molecule has 1 aromatic rings. The Labute approximate surface area is 83.6 Å². The number of rotatable bonds is 4. The lowest BCUT2D eigenvalue weighted by atomic mass is 9.98. The molecule has 0 fully saturated rings. The summed E-state index contributed by atoms with van der Waals surface area (Å²) in [5.41, 5.74) is 6.99. The lowest BCUT2D eigenvalue weighted by molar-refractivity contribution is 0.169. The fourth-order valence-electron chi connectivity index (χ4n) is 1.51. The van der Waals surface area contributed by atoms with E-state index in [9.17, 15) is 9.50 Å². The molecule has 0 saturated heterocycles. The number of hydrogen-bond donors (Lipinski definition) is 2. The van der Waals surface area contributed by atoms with Crippen LogP contribution in [0.4, 0.5) is 4.39 Å². The standard InChI is InChI=1S/C11H16FNO/c1-2-8-3-4-9(12)7-10(8)11(14)5-6-13/h3-4,7,11,14H,2,5-6,13H2,1H3. The van der Waals surface area contributed by atoms with Crippen molar-refractivity contribution in [2.45, 2.75) is 25.9 Å². The van der Waals surface area contributed by atoms with Gasteiger partial charge in [0.05, 0.1) is 6.10 Å². The largest absolute Gasteiger partial charge is 0.388 e. The van der Waals surface area contributed by atoms with Crippen LogP contribution in [0.25, 0.3) is 0 Å². The molecule has 0 heterocycles. The quantitative estimate of drug-likeness (QED) is 0.772. The van der Waals surface area contributed by atoms with Crippen LogP contribution in [0.15, 0.2) is 18.2 Å². The zero-order chi connectivity index (χ0) is 10.6. The van der Waals surface area contributed by atoms with Crippen LogP contribution in [-0.4, -0.2) is 11.7 Å². The molecule has 1 aromatic carbocycles. The van der Waals surface area contributed by atoms with Gasteiger partial charge < -0.3 is 10.8 Å². The molecule has 1 rings (SSSR count). The molecule has 0 aliphatic carbocycles. The molecule has 14 heavy (non-hydrogen) atoms. The molecule has 3 heteroatoms. The van der Waals surface area contributed by atoms with Gasteiger partial charge in [-0.2, -0.15) is 0 Å². The lowest BCUT2D eigenvalue weighted by Crippen LogP contribution is -2.09. The highest BCUT2D eigenvalue weighted by molar-refractivity contribution is 5.29. The summed E-state index contributed by atoms with van der Waals surface area (Å²) in [4.78, 5) is 0. The second kappa shape index (κ2) is 5.08. The third kappa shape index (κ3) is 2.53. The number of benzene rings is 1. The number of aliphatic hydroxyl groups is 1. The smallest absolute Gasteiger partial charge is 0.123 e. The first-order valence-electron chi connectivity index (χ1n) is 4.85. The Hall–Kier alpha value is -0.930. The van der Waals surface area contributed by atoms with E-state index in [0.717, 1.165) is 12.0 Å². The second-order valence-electron chi connectivity index (χ2n) is 3.29. The number of aryl methyl sites for hydroxylation is 1. The molecule has 0 aromatic heterocycles. The van der Waals surface area contributed by atoms with Gasteiger partial charge in [0.25, 0.3) is 0 Å². The van der Waals surface area contributed by atoms with Crippen molar-refractivity contribution >= 4 is 0 Å². The van der Waals surface area contributed by atoms with Gasteiger partial charge in [0.1, 0.15) is 5.82 Å². The number of nitrogens with two attached hydrogens (primary N) is 1. The molecule has 0 aliphatic rings. The first-order valence-corrected chi connectivity index (χ1v) is 4.85. The first-order chi connectivity index (χ1) is 6.69. The van der Waals surface area contributed by atoms with Gasteiger partial charge in [-0.1, -0.05) is 13.0 Å². The Bertz CT molecular complexity index is 301. The molecule has 1 unspecified atom stereocenters. The average molecular weight is 197 g/mol. The van der Waals surface area contributed by atoms with Crippen molar-refractivity contribution in [1.82, 2.24) is 0 Å². The minimum atomic E-state index is -0.648. The Morgan fingerprint density at radius 3 is 2.79 bits per heavy atom. The van der Waals surface area contributed by atoms with Gasteiger partial charge in [0.2, 0.25) is 0 Å². The number of hydrogen-bond acceptors (Lipinski definition) is 2. The predicted octanol–water partition coefficient (Wildman–Crippen LogP) is 1.77. The van der Waals surface area contributed by atoms with Crippen molar-refractivity contribution in [3.63, 3.8) is 0 Å². The van der Waals surface area contributed by atoms with E-state index in [1.54, 1.807) is 6.07 Å². The summed E-state index contributed by atoms with van der Waals surface area (Å²) >= 11 is 0. The van der Waals surface area contributed by atoms with E-state index >= 15 is 0 Å². The van der Waals surface area contributed by atoms with E-state index in [1.807, 2.05) is 6.92 Å². The van der Waals surface area contributed by atoms with Gasteiger partial charge in [-0.3, -0.25) is 0 Å². The second-order valence-corrected chi connectivity index (χ2v) is 3.29. The van der Waals surface area contributed by atoms with Crippen LogP contribution in [0.5, 0.6) is 0 Å². The first kappa shape index (κ1) is 11.1. The van der Waals surface area contributed by atoms with Crippen LogP contribution >= 0.6 is 0 Å². The van der Waals surface area contributed by atoms with Crippen LogP contribution < -0.4 is 5.73 Å². The number of aliphatic hydroxyl groups excluding tert-OH is 1. The fourth-order valence-corrected chi connectivity index (χ4v) is 1.51. The molecular formula is C11H16FNO. The predicted molar refractivity (Wildman–Crippen MR) is 54.4 cm³/mol. The molecule has 78 valence electrons. The van der Waals surface area contributed by atoms with Crippen molar-refractivity contribution in [2.75, 3.05) is 6.54 Å². The Morgan fingerprint density at radius 1 is 1.50 bits per heavy atom. The van der Waals surface area contributed by atoms with Crippen molar-refractivity contribution in [3.05, 3.63) is 35.1 Å². The lowest BCUT2D eigenvalue weighted by Gasteiger charge is -2.13. The Morgan fingerprint density at radius 2 is 2.21 bits per heavy atom. The third-order valence-corrected chi connectivity index (χ3v) is 2.29. The van der Waals surface area contributed by atoms with Gasteiger partial charge in [-0.15, -0.1) is 0 Å². The average Bonchev–Trinajstić information content (AvgIpc) is 2.18. The third-order valence-electron chi connectivity index (χ3n) is 2.29. The van der Waals surface area contributed by atoms with Crippen molar-refractivity contribution < 1.29 is 9.50 Å². The minimum absolute atomic E-state index is 0.312. The van der Waals surface area contributed by atoms with Gasteiger partial charge in [0.15, 0.2) is 0 Å². The highest BCUT2D eigenvalue weighted by atomic mass is 19.1. The molecule has 0 aliphatic heterocycles. The van der Waals surface area contributed by atoms with Crippen molar-refractivity contribution in [1.29, 1.82) is 0 Å². The summed E-state index contributed by atoms with van der Waals surface area (Å²) in [5.74, 6) is -0.312. The molecular weight excluding hydrogens is 181 g/mol. The summed E-state index contributed by atoms with van der Waals surface area (Å²) in [6.07, 6.45) is 0.610. The van der Waals surface area contributed by atoms with Crippen LogP contribution in [0.3, 0.4) is 0 Å². The maximum Gasteiger partial charge on any atom is 0.123 e. The maximum atomic E-state index is 12.9. The van der Waals surface area contributed by atoms with Crippen LogP contribution in [0, 0.1) is 5.82 Å². The summed E-state index contributed by atoms with van der Waals surface area (Å²) < 4.78 is 12.9. The SMILES string of the molecule is CCc1ccc(F)cc1C(O)CCN. The molecule has 1 atom stereocenters. The van der Waals surface area contributed by atoms with Gasteiger partial charge in [0, 0.05) is 0 Å². The Kier molecular flexibility index (Phi) is 4.04. The Balaban J connectivity index is 2.97.